The number of carbonyl (C=O) groups is 1. The molecule has 0 aromatic heterocycles. The maximum Gasteiger partial charge on any atom is 0.573 e. The van der Waals surface area contributed by atoms with Gasteiger partial charge in [0.1, 0.15) is 5.75 Å². The molecule has 1 aromatic carbocycles. The third kappa shape index (κ3) is 4.46. The van der Waals surface area contributed by atoms with E-state index in [1.807, 2.05) is 0 Å². The van der Waals surface area contributed by atoms with Gasteiger partial charge in [0.05, 0.1) is 11.0 Å². The molecule has 7 heteroatoms. The molecule has 1 saturated carbocycles. The van der Waals surface area contributed by atoms with E-state index in [2.05, 4.69) is 11.3 Å². The summed E-state index contributed by atoms with van der Waals surface area (Å²) in [6, 6.07) is 5.61. The predicted octanol–water partition coefficient (Wildman–Crippen LogP) is 4.19. The molecule has 27 heavy (non-hydrogen) atoms. The van der Waals surface area contributed by atoms with Gasteiger partial charge >= 0.3 is 6.36 Å². The van der Waals surface area contributed by atoms with E-state index in [0.29, 0.717) is 45.2 Å². The van der Waals surface area contributed by atoms with Gasteiger partial charge in [0.2, 0.25) is 5.91 Å². The molecule has 1 heterocycles. The minimum atomic E-state index is -4.71. The zero-order valence-electron chi connectivity index (χ0n) is 15.1. The van der Waals surface area contributed by atoms with Gasteiger partial charge in [-0.25, -0.2) is 0 Å². The molecule has 1 aromatic rings. The van der Waals surface area contributed by atoms with E-state index in [4.69, 9.17) is 0 Å². The predicted molar refractivity (Wildman–Crippen MR) is 93.8 cm³/mol. The Morgan fingerprint density at radius 1 is 1.15 bits per heavy atom. The number of nitrogens with zero attached hydrogens (tertiary/aromatic N) is 1. The van der Waals surface area contributed by atoms with Crippen LogP contribution >= 0.6 is 0 Å². The lowest BCUT2D eigenvalue weighted by molar-refractivity contribution is -0.274. The molecule has 1 saturated heterocycles. The summed E-state index contributed by atoms with van der Waals surface area (Å²) in [7, 11) is 0. The number of aliphatic hydroxyl groups is 1. The highest BCUT2D eigenvalue weighted by molar-refractivity contribution is 5.85. The zero-order chi connectivity index (χ0) is 19.7. The van der Waals surface area contributed by atoms with Crippen molar-refractivity contribution in [3.8, 4) is 5.75 Å². The molecule has 1 amide bonds. The van der Waals surface area contributed by atoms with Crippen LogP contribution in [0.25, 0.3) is 0 Å². The van der Waals surface area contributed by atoms with Crippen molar-refractivity contribution in [1.82, 2.24) is 4.90 Å². The summed E-state index contributed by atoms with van der Waals surface area (Å²) < 4.78 is 40.5. The molecule has 0 unspecified atom stereocenters. The van der Waals surface area contributed by atoms with E-state index in [1.165, 1.54) is 12.1 Å². The van der Waals surface area contributed by atoms with Crippen LogP contribution in [0.1, 0.15) is 44.1 Å². The molecule has 1 N–H and O–H groups in total. The Bertz CT molecular complexity index is 691. The standard InChI is InChI=1S/C20H24F3NO3/c1-2-7-19(26)10-8-18(9-11-19)12-13-24(17(18)25)14-15-3-5-16(6-4-15)27-20(21,22)23/h2-6,26H,1,7-14H2/t18-,19+. The molecule has 148 valence electrons. The molecule has 3 rings (SSSR count). The quantitative estimate of drug-likeness (QED) is 0.776. The van der Waals surface area contributed by atoms with Crippen molar-refractivity contribution in [2.45, 2.75) is 57.0 Å². The molecular formula is C20H24F3NO3. The van der Waals surface area contributed by atoms with E-state index in [-0.39, 0.29) is 11.7 Å². The Kier molecular flexibility index (Phi) is 5.25. The van der Waals surface area contributed by atoms with Crippen molar-refractivity contribution in [1.29, 1.82) is 0 Å². The van der Waals surface area contributed by atoms with Gasteiger partial charge in [0.15, 0.2) is 0 Å². The number of carbonyl (C=O) groups excluding carboxylic acids is 1. The summed E-state index contributed by atoms with van der Waals surface area (Å²) >= 11 is 0. The third-order valence-corrected chi connectivity index (χ3v) is 5.79. The SMILES string of the molecule is C=CC[C@]1(O)CC[C@]2(CCN(Cc3ccc(OC(F)(F)F)cc3)C2=O)CC1. The maximum atomic E-state index is 13.0. The average Bonchev–Trinajstić information content (AvgIpc) is 2.88. The van der Waals surface area contributed by atoms with Crippen LogP contribution in [0, 0.1) is 5.41 Å². The molecule has 1 aliphatic carbocycles. The molecular weight excluding hydrogens is 359 g/mol. The van der Waals surface area contributed by atoms with Gasteiger partial charge in [0, 0.05) is 13.1 Å². The second-order valence-corrected chi connectivity index (χ2v) is 7.67. The van der Waals surface area contributed by atoms with Gasteiger partial charge in [-0.2, -0.15) is 0 Å². The van der Waals surface area contributed by atoms with Crippen LogP contribution in [0.15, 0.2) is 36.9 Å². The normalized spacial score (nSPS) is 28.6. The number of rotatable bonds is 5. The van der Waals surface area contributed by atoms with Crippen LogP contribution in [-0.4, -0.2) is 34.4 Å². The third-order valence-electron chi connectivity index (χ3n) is 5.79. The summed E-state index contributed by atoms with van der Waals surface area (Å²) in [4.78, 5) is 14.7. The Labute approximate surface area is 156 Å². The second-order valence-electron chi connectivity index (χ2n) is 7.67. The highest BCUT2D eigenvalue weighted by atomic mass is 19.4. The van der Waals surface area contributed by atoms with Gasteiger partial charge < -0.3 is 14.7 Å². The average molecular weight is 383 g/mol. The molecule has 2 fully saturated rings. The number of likely N-dealkylation sites (tertiary alicyclic amines) is 1. The Morgan fingerprint density at radius 2 is 1.78 bits per heavy atom. The lowest BCUT2D eigenvalue weighted by Gasteiger charge is -2.40. The van der Waals surface area contributed by atoms with E-state index in [1.54, 1.807) is 23.1 Å². The van der Waals surface area contributed by atoms with Crippen molar-refractivity contribution >= 4 is 5.91 Å². The number of alkyl halides is 3. The monoisotopic (exact) mass is 383 g/mol. The van der Waals surface area contributed by atoms with Crippen molar-refractivity contribution in [2.75, 3.05) is 6.54 Å². The zero-order valence-corrected chi connectivity index (χ0v) is 15.1. The fourth-order valence-electron chi connectivity index (χ4n) is 4.19. The van der Waals surface area contributed by atoms with Crippen LogP contribution < -0.4 is 4.74 Å². The van der Waals surface area contributed by atoms with Crippen LogP contribution in [0.3, 0.4) is 0 Å². The van der Waals surface area contributed by atoms with Crippen LogP contribution in [0.5, 0.6) is 5.75 Å². The van der Waals surface area contributed by atoms with Crippen molar-refractivity contribution in [3.05, 3.63) is 42.5 Å². The minimum absolute atomic E-state index is 0.0822. The van der Waals surface area contributed by atoms with Crippen molar-refractivity contribution in [2.24, 2.45) is 5.41 Å². The molecule has 1 spiro atoms. The van der Waals surface area contributed by atoms with Crippen molar-refractivity contribution in [3.63, 3.8) is 0 Å². The Balaban J connectivity index is 1.60. The lowest BCUT2D eigenvalue weighted by Crippen LogP contribution is -2.43. The largest absolute Gasteiger partial charge is 0.573 e. The molecule has 0 atom stereocenters. The highest BCUT2D eigenvalue weighted by Crippen LogP contribution is 2.48. The number of halogens is 3. The smallest absolute Gasteiger partial charge is 0.406 e. The molecule has 1 aliphatic heterocycles. The molecule has 0 bridgehead atoms. The second kappa shape index (κ2) is 7.19. The summed E-state index contributed by atoms with van der Waals surface area (Å²) in [5, 5.41) is 10.5. The fraction of sp³-hybridized carbons (Fsp3) is 0.550. The highest BCUT2D eigenvalue weighted by Gasteiger charge is 2.50. The van der Waals surface area contributed by atoms with E-state index < -0.39 is 17.4 Å². The first-order valence-corrected chi connectivity index (χ1v) is 9.12. The summed E-state index contributed by atoms with van der Waals surface area (Å²) in [5.41, 5.74) is -0.407. The van der Waals surface area contributed by atoms with E-state index in [0.717, 1.165) is 12.0 Å². The summed E-state index contributed by atoms with van der Waals surface area (Å²) in [5.74, 6) is -0.192. The van der Waals surface area contributed by atoms with Gasteiger partial charge in [-0.15, -0.1) is 19.8 Å². The first-order valence-electron chi connectivity index (χ1n) is 9.12. The maximum absolute atomic E-state index is 13.0. The van der Waals surface area contributed by atoms with Gasteiger partial charge in [-0.1, -0.05) is 18.2 Å². The van der Waals surface area contributed by atoms with Crippen LogP contribution in [0.2, 0.25) is 0 Å². The fourth-order valence-corrected chi connectivity index (χ4v) is 4.19. The Morgan fingerprint density at radius 3 is 2.33 bits per heavy atom. The Hall–Kier alpha value is -2.02. The van der Waals surface area contributed by atoms with Crippen LogP contribution in [-0.2, 0) is 11.3 Å². The number of hydrogen-bond donors (Lipinski definition) is 1. The lowest BCUT2D eigenvalue weighted by atomic mass is 9.67. The molecule has 2 aliphatic rings. The molecule has 4 nitrogen and oxygen atoms in total. The number of benzene rings is 1. The van der Waals surface area contributed by atoms with E-state index in [9.17, 15) is 23.1 Å². The number of amides is 1. The van der Waals surface area contributed by atoms with Crippen molar-refractivity contribution < 1.29 is 27.8 Å². The topological polar surface area (TPSA) is 49.8 Å². The van der Waals surface area contributed by atoms with Gasteiger partial charge in [0.25, 0.3) is 0 Å². The van der Waals surface area contributed by atoms with Gasteiger partial charge in [-0.05, 0) is 56.2 Å². The first kappa shape index (κ1) is 19.7. The first-order chi connectivity index (χ1) is 12.6. The van der Waals surface area contributed by atoms with E-state index >= 15 is 0 Å². The minimum Gasteiger partial charge on any atom is -0.406 e. The summed E-state index contributed by atoms with van der Waals surface area (Å²) in [6.07, 6.45) is 0.777. The summed E-state index contributed by atoms with van der Waals surface area (Å²) in [6.45, 7) is 4.67. The van der Waals surface area contributed by atoms with Crippen LogP contribution in [0.4, 0.5) is 13.2 Å². The number of hydrogen-bond acceptors (Lipinski definition) is 3. The molecule has 0 radical (unpaired) electrons. The van der Waals surface area contributed by atoms with Gasteiger partial charge in [-0.3, -0.25) is 4.79 Å². The number of ether oxygens (including phenoxy) is 1.